The van der Waals surface area contributed by atoms with E-state index in [1.54, 1.807) is 36.4 Å². The summed E-state index contributed by atoms with van der Waals surface area (Å²) < 4.78 is 13.8. The van der Waals surface area contributed by atoms with Gasteiger partial charge in [-0.15, -0.1) is 0 Å². The number of benzene rings is 2. The minimum absolute atomic E-state index is 0.322. The Labute approximate surface area is 116 Å². The van der Waals surface area contributed by atoms with Crippen LogP contribution in [0.5, 0.6) is 0 Å². The standard InChI is InChI=1S/C15H12ClFN2/c1-10-6-7-13(17)11(8-10)15(9-18)19-14-5-3-2-4-12(14)16/h2-8,15,19H,1H3. The second-order valence-electron chi connectivity index (χ2n) is 4.21. The fourth-order valence-corrected chi connectivity index (χ4v) is 1.99. The number of rotatable bonds is 3. The van der Waals surface area contributed by atoms with Gasteiger partial charge in [-0.2, -0.15) is 5.26 Å². The van der Waals surface area contributed by atoms with Gasteiger partial charge in [-0.25, -0.2) is 4.39 Å². The molecule has 96 valence electrons. The molecule has 0 radical (unpaired) electrons. The molecule has 0 aromatic heterocycles. The molecule has 0 aliphatic rings. The third-order valence-corrected chi connectivity index (χ3v) is 3.09. The van der Waals surface area contributed by atoms with Gasteiger partial charge in [-0.3, -0.25) is 0 Å². The Kier molecular flexibility index (Phi) is 4.03. The number of para-hydroxylation sites is 1. The Morgan fingerprint density at radius 3 is 2.68 bits per heavy atom. The zero-order chi connectivity index (χ0) is 13.8. The molecule has 1 unspecified atom stereocenters. The predicted octanol–water partition coefficient (Wildman–Crippen LogP) is 4.46. The van der Waals surface area contributed by atoms with Gasteiger partial charge >= 0.3 is 0 Å². The van der Waals surface area contributed by atoms with E-state index in [9.17, 15) is 9.65 Å². The molecule has 1 atom stereocenters. The van der Waals surface area contributed by atoms with Crippen LogP contribution in [0.1, 0.15) is 17.2 Å². The summed E-state index contributed by atoms with van der Waals surface area (Å²) in [6, 6.07) is 13.0. The molecule has 2 rings (SSSR count). The van der Waals surface area contributed by atoms with Crippen LogP contribution in [0.25, 0.3) is 0 Å². The zero-order valence-corrected chi connectivity index (χ0v) is 11.1. The van der Waals surface area contributed by atoms with Crippen LogP contribution >= 0.6 is 11.6 Å². The van der Waals surface area contributed by atoms with Gasteiger partial charge in [0.1, 0.15) is 11.9 Å². The summed E-state index contributed by atoms with van der Waals surface area (Å²) in [7, 11) is 0. The first-order valence-electron chi connectivity index (χ1n) is 5.78. The van der Waals surface area contributed by atoms with Gasteiger partial charge in [-0.1, -0.05) is 41.4 Å². The lowest BCUT2D eigenvalue weighted by Gasteiger charge is -2.15. The number of aryl methyl sites for hydroxylation is 1. The van der Waals surface area contributed by atoms with Gasteiger partial charge in [0.15, 0.2) is 0 Å². The Morgan fingerprint density at radius 1 is 1.26 bits per heavy atom. The fourth-order valence-electron chi connectivity index (χ4n) is 1.80. The van der Waals surface area contributed by atoms with Crippen LogP contribution in [0.4, 0.5) is 10.1 Å². The summed E-state index contributed by atoms with van der Waals surface area (Å²) in [5, 5.41) is 12.7. The van der Waals surface area contributed by atoms with Crippen LogP contribution in [0.3, 0.4) is 0 Å². The lowest BCUT2D eigenvalue weighted by molar-refractivity contribution is 0.607. The second kappa shape index (κ2) is 5.73. The highest BCUT2D eigenvalue weighted by atomic mass is 35.5. The van der Waals surface area contributed by atoms with Crippen molar-refractivity contribution in [1.29, 1.82) is 5.26 Å². The van der Waals surface area contributed by atoms with Crippen molar-refractivity contribution in [3.63, 3.8) is 0 Å². The molecule has 0 saturated carbocycles. The topological polar surface area (TPSA) is 35.8 Å². The SMILES string of the molecule is Cc1ccc(F)c(C(C#N)Nc2ccccc2Cl)c1. The molecule has 0 spiro atoms. The van der Waals surface area contributed by atoms with E-state index in [4.69, 9.17) is 11.6 Å². The number of nitrogens with one attached hydrogen (secondary N) is 1. The van der Waals surface area contributed by atoms with Gasteiger partial charge in [0.05, 0.1) is 16.8 Å². The van der Waals surface area contributed by atoms with Gasteiger partial charge in [0.2, 0.25) is 0 Å². The molecule has 19 heavy (non-hydrogen) atoms. The molecule has 1 N–H and O–H groups in total. The van der Waals surface area contributed by atoms with Crippen LogP contribution in [0, 0.1) is 24.1 Å². The first-order valence-corrected chi connectivity index (χ1v) is 6.16. The lowest BCUT2D eigenvalue weighted by atomic mass is 10.0. The molecule has 0 heterocycles. The van der Waals surface area contributed by atoms with Crippen molar-refractivity contribution in [2.45, 2.75) is 13.0 Å². The number of hydrogen-bond donors (Lipinski definition) is 1. The molecule has 0 amide bonds. The molecule has 2 nitrogen and oxygen atoms in total. The van der Waals surface area contributed by atoms with Crippen LogP contribution in [-0.4, -0.2) is 0 Å². The van der Waals surface area contributed by atoms with E-state index in [-0.39, 0.29) is 0 Å². The van der Waals surface area contributed by atoms with E-state index in [1.165, 1.54) is 6.07 Å². The molecule has 0 saturated heterocycles. The molecule has 0 bridgehead atoms. The third-order valence-electron chi connectivity index (χ3n) is 2.77. The van der Waals surface area contributed by atoms with E-state index in [0.29, 0.717) is 16.3 Å². The van der Waals surface area contributed by atoms with Gasteiger partial charge < -0.3 is 5.32 Å². The van der Waals surface area contributed by atoms with Crippen LogP contribution in [-0.2, 0) is 0 Å². The number of anilines is 1. The summed E-state index contributed by atoms with van der Waals surface area (Å²) in [5.74, 6) is -0.406. The molecule has 0 fully saturated rings. The summed E-state index contributed by atoms with van der Waals surface area (Å²) in [6.07, 6.45) is 0. The largest absolute Gasteiger partial charge is 0.365 e. The molecular weight excluding hydrogens is 263 g/mol. The monoisotopic (exact) mass is 274 g/mol. The van der Waals surface area contributed by atoms with E-state index >= 15 is 0 Å². The van der Waals surface area contributed by atoms with E-state index in [0.717, 1.165) is 5.56 Å². The highest BCUT2D eigenvalue weighted by molar-refractivity contribution is 6.33. The van der Waals surface area contributed by atoms with Crippen molar-refractivity contribution < 1.29 is 4.39 Å². The smallest absolute Gasteiger partial charge is 0.143 e. The maximum absolute atomic E-state index is 13.8. The number of nitrogens with zero attached hydrogens (tertiary/aromatic N) is 1. The average molecular weight is 275 g/mol. The second-order valence-corrected chi connectivity index (χ2v) is 4.62. The maximum atomic E-state index is 13.8. The number of nitriles is 1. The molecule has 2 aromatic carbocycles. The average Bonchev–Trinajstić information content (AvgIpc) is 2.41. The first-order chi connectivity index (χ1) is 9.11. The highest BCUT2D eigenvalue weighted by Crippen LogP contribution is 2.27. The highest BCUT2D eigenvalue weighted by Gasteiger charge is 2.16. The van der Waals surface area contributed by atoms with Crippen molar-refractivity contribution in [3.05, 3.63) is 64.4 Å². The Balaban J connectivity index is 2.34. The zero-order valence-electron chi connectivity index (χ0n) is 10.3. The number of halogens is 2. The number of hydrogen-bond acceptors (Lipinski definition) is 2. The van der Waals surface area contributed by atoms with Gasteiger partial charge in [-0.05, 0) is 25.1 Å². The lowest BCUT2D eigenvalue weighted by Crippen LogP contribution is -2.11. The van der Waals surface area contributed by atoms with E-state index < -0.39 is 11.9 Å². The summed E-state index contributed by atoms with van der Waals surface area (Å²) in [4.78, 5) is 0. The van der Waals surface area contributed by atoms with Crippen molar-refractivity contribution >= 4 is 17.3 Å². The summed E-state index contributed by atoms with van der Waals surface area (Å²) in [5.41, 5.74) is 1.83. The first kappa shape index (κ1) is 13.4. The Morgan fingerprint density at radius 2 is 2.00 bits per heavy atom. The predicted molar refractivity (Wildman–Crippen MR) is 74.6 cm³/mol. The maximum Gasteiger partial charge on any atom is 0.143 e. The van der Waals surface area contributed by atoms with E-state index in [1.807, 2.05) is 6.92 Å². The fraction of sp³-hybridized carbons (Fsp3) is 0.133. The summed E-state index contributed by atoms with van der Waals surface area (Å²) >= 11 is 6.02. The third kappa shape index (κ3) is 3.04. The van der Waals surface area contributed by atoms with Gasteiger partial charge in [0.25, 0.3) is 0 Å². The minimum Gasteiger partial charge on any atom is -0.365 e. The Bertz CT molecular complexity index is 634. The van der Waals surface area contributed by atoms with Crippen molar-refractivity contribution in [3.8, 4) is 6.07 Å². The van der Waals surface area contributed by atoms with Crippen LogP contribution in [0.15, 0.2) is 42.5 Å². The van der Waals surface area contributed by atoms with Gasteiger partial charge in [0, 0.05) is 5.56 Å². The quantitative estimate of drug-likeness (QED) is 0.897. The summed E-state index contributed by atoms with van der Waals surface area (Å²) in [6.45, 7) is 1.85. The van der Waals surface area contributed by atoms with Crippen molar-refractivity contribution in [2.75, 3.05) is 5.32 Å². The normalized spacial score (nSPS) is 11.7. The molecule has 2 aromatic rings. The minimum atomic E-state index is -0.778. The van der Waals surface area contributed by atoms with Crippen molar-refractivity contribution in [1.82, 2.24) is 0 Å². The molecular formula is C15H12ClFN2. The van der Waals surface area contributed by atoms with Crippen molar-refractivity contribution in [2.24, 2.45) is 0 Å². The molecule has 0 aliphatic carbocycles. The Hall–Kier alpha value is -2.05. The van der Waals surface area contributed by atoms with E-state index in [2.05, 4.69) is 11.4 Å². The van der Waals surface area contributed by atoms with Crippen LogP contribution < -0.4 is 5.32 Å². The molecule has 0 aliphatic heterocycles. The van der Waals surface area contributed by atoms with Crippen LogP contribution in [0.2, 0.25) is 5.02 Å². The molecule has 4 heteroatoms.